The molecule has 0 aliphatic heterocycles. The van der Waals surface area contributed by atoms with E-state index in [1.165, 1.54) is 25.1 Å². The quantitative estimate of drug-likeness (QED) is 0.455. The molecule has 0 aromatic heterocycles. The lowest BCUT2D eigenvalue weighted by Crippen LogP contribution is -2.31. The number of anilines is 1. The number of nitro benzene ring substituents is 1. The van der Waals surface area contributed by atoms with E-state index in [1.54, 1.807) is 0 Å². The van der Waals surface area contributed by atoms with Crippen LogP contribution in [0.1, 0.15) is 37.6 Å². The molecule has 2 N–H and O–H groups in total. The normalized spacial score (nSPS) is 10.3. The Hall–Kier alpha value is -2.44. The highest BCUT2D eigenvalue weighted by Crippen LogP contribution is 2.22. The summed E-state index contributed by atoms with van der Waals surface area (Å²) in [7, 11) is 0. The number of nitrogens with one attached hydrogen (secondary N) is 2. The van der Waals surface area contributed by atoms with E-state index in [9.17, 15) is 19.7 Å². The molecule has 1 aromatic rings. The summed E-state index contributed by atoms with van der Waals surface area (Å²) in [6.07, 6.45) is 0.256. The Morgan fingerprint density at radius 1 is 1.33 bits per heavy atom. The van der Waals surface area contributed by atoms with Crippen LogP contribution in [0.4, 0.5) is 11.4 Å². The van der Waals surface area contributed by atoms with Crippen molar-refractivity contribution in [3.63, 3.8) is 0 Å². The van der Waals surface area contributed by atoms with Gasteiger partial charge in [0.1, 0.15) is 0 Å². The smallest absolute Gasteiger partial charge is 0.270 e. The van der Waals surface area contributed by atoms with E-state index in [0.717, 1.165) is 0 Å². The minimum Gasteiger partial charge on any atom is -0.384 e. The Kier molecular flexibility index (Phi) is 5.83. The Morgan fingerprint density at radius 2 is 2.00 bits per heavy atom. The van der Waals surface area contributed by atoms with Gasteiger partial charge in [-0.15, -0.1) is 0 Å². The molecule has 1 amide bonds. The molecule has 0 radical (unpaired) electrons. The highest BCUT2D eigenvalue weighted by Gasteiger charge is 2.14. The van der Waals surface area contributed by atoms with Crippen molar-refractivity contribution in [3.05, 3.63) is 33.9 Å². The number of hydrogen-bond acceptors (Lipinski definition) is 5. The fourth-order valence-electron chi connectivity index (χ4n) is 1.80. The fraction of sp³-hybridized carbons (Fsp3) is 0.429. The Balaban J connectivity index is 2.73. The van der Waals surface area contributed by atoms with Gasteiger partial charge in [0.2, 0.25) is 5.91 Å². The summed E-state index contributed by atoms with van der Waals surface area (Å²) in [5.41, 5.74) is 0.599. The van der Waals surface area contributed by atoms with Crippen LogP contribution >= 0.6 is 0 Å². The molecule has 1 aromatic carbocycles. The van der Waals surface area contributed by atoms with Crippen molar-refractivity contribution in [2.75, 3.05) is 11.9 Å². The van der Waals surface area contributed by atoms with Crippen molar-refractivity contribution in [1.82, 2.24) is 5.32 Å². The zero-order valence-electron chi connectivity index (χ0n) is 12.3. The van der Waals surface area contributed by atoms with Crippen molar-refractivity contribution in [2.24, 2.45) is 0 Å². The number of hydrogen-bond donors (Lipinski definition) is 2. The summed E-state index contributed by atoms with van der Waals surface area (Å²) in [5, 5.41) is 16.4. The maximum atomic E-state index is 11.5. The topological polar surface area (TPSA) is 101 Å². The number of benzene rings is 1. The van der Waals surface area contributed by atoms with Crippen LogP contribution in [0.5, 0.6) is 0 Å². The Bertz CT molecular complexity index is 555. The number of nitro groups is 1. The zero-order valence-corrected chi connectivity index (χ0v) is 12.3. The summed E-state index contributed by atoms with van der Waals surface area (Å²) in [6.45, 7) is 5.43. The van der Waals surface area contributed by atoms with E-state index in [2.05, 4.69) is 10.6 Å². The molecular formula is C14H19N3O4. The molecule has 7 heteroatoms. The van der Waals surface area contributed by atoms with E-state index in [4.69, 9.17) is 0 Å². The lowest BCUT2D eigenvalue weighted by atomic mass is 10.1. The molecule has 0 heterocycles. The minimum absolute atomic E-state index is 0.0738. The third kappa shape index (κ3) is 5.21. The first-order valence-electron chi connectivity index (χ1n) is 6.64. The fourth-order valence-corrected chi connectivity index (χ4v) is 1.80. The number of ketones is 1. The van der Waals surface area contributed by atoms with E-state index in [1.807, 2.05) is 13.8 Å². The molecule has 0 saturated heterocycles. The molecule has 0 aliphatic rings. The van der Waals surface area contributed by atoms with Gasteiger partial charge in [-0.1, -0.05) is 0 Å². The van der Waals surface area contributed by atoms with E-state index in [-0.39, 0.29) is 35.4 Å². The zero-order chi connectivity index (χ0) is 16.0. The molecule has 0 aliphatic carbocycles. The van der Waals surface area contributed by atoms with Crippen molar-refractivity contribution in [2.45, 2.75) is 33.2 Å². The highest BCUT2D eigenvalue weighted by molar-refractivity contribution is 6.00. The molecule has 0 bridgehead atoms. The number of amides is 1. The maximum absolute atomic E-state index is 11.5. The van der Waals surface area contributed by atoms with Gasteiger partial charge >= 0.3 is 0 Å². The molecule has 21 heavy (non-hydrogen) atoms. The molecule has 7 nitrogen and oxygen atoms in total. The number of rotatable bonds is 7. The second kappa shape index (κ2) is 7.37. The average molecular weight is 293 g/mol. The van der Waals surface area contributed by atoms with Gasteiger partial charge in [-0.25, -0.2) is 0 Å². The number of carbonyl (C=O) groups is 2. The van der Waals surface area contributed by atoms with Crippen LogP contribution in [0.25, 0.3) is 0 Å². The van der Waals surface area contributed by atoms with Crippen LogP contribution in [0.3, 0.4) is 0 Å². The first-order chi connectivity index (χ1) is 9.81. The molecule has 0 unspecified atom stereocenters. The maximum Gasteiger partial charge on any atom is 0.270 e. The third-order valence-corrected chi connectivity index (χ3v) is 2.71. The number of carbonyl (C=O) groups excluding carboxylic acids is 2. The number of nitrogens with zero attached hydrogens (tertiary/aromatic N) is 1. The summed E-state index contributed by atoms with van der Waals surface area (Å²) < 4.78 is 0. The van der Waals surface area contributed by atoms with Gasteiger partial charge in [0.05, 0.1) is 4.92 Å². The molecule has 1 rings (SSSR count). The monoisotopic (exact) mass is 293 g/mol. The van der Waals surface area contributed by atoms with E-state index >= 15 is 0 Å². The van der Waals surface area contributed by atoms with Gasteiger partial charge in [-0.05, 0) is 26.8 Å². The first-order valence-corrected chi connectivity index (χ1v) is 6.64. The van der Waals surface area contributed by atoms with Gasteiger partial charge in [-0.2, -0.15) is 0 Å². The molecule has 0 spiro atoms. The van der Waals surface area contributed by atoms with Crippen molar-refractivity contribution in [1.29, 1.82) is 0 Å². The van der Waals surface area contributed by atoms with Crippen LogP contribution in [0, 0.1) is 10.1 Å². The third-order valence-electron chi connectivity index (χ3n) is 2.71. The van der Waals surface area contributed by atoms with Gasteiger partial charge in [0.15, 0.2) is 5.78 Å². The van der Waals surface area contributed by atoms with Crippen molar-refractivity contribution >= 4 is 23.1 Å². The largest absolute Gasteiger partial charge is 0.384 e. The SMILES string of the molecule is CC(=O)c1cc([N+](=O)[O-])ccc1NCCC(=O)NC(C)C. The number of non-ortho nitro benzene ring substituents is 1. The summed E-state index contributed by atoms with van der Waals surface area (Å²) in [5.74, 6) is -0.364. The van der Waals surface area contributed by atoms with E-state index in [0.29, 0.717) is 12.2 Å². The Labute approximate surface area is 122 Å². The van der Waals surface area contributed by atoms with Crippen LogP contribution in [0.15, 0.2) is 18.2 Å². The van der Waals surface area contributed by atoms with E-state index < -0.39 is 4.92 Å². The minimum atomic E-state index is -0.549. The predicted octanol–water partition coefficient (Wildman–Crippen LogP) is 2.12. The lowest BCUT2D eigenvalue weighted by molar-refractivity contribution is -0.384. The van der Waals surface area contributed by atoms with Crippen molar-refractivity contribution < 1.29 is 14.5 Å². The van der Waals surface area contributed by atoms with Gasteiger partial charge in [-0.3, -0.25) is 19.7 Å². The van der Waals surface area contributed by atoms with Crippen LogP contribution in [-0.4, -0.2) is 29.2 Å². The Morgan fingerprint density at radius 3 is 2.52 bits per heavy atom. The van der Waals surface area contributed by atoms with Crippen molar-refractivity contribution in [3.8, 4) is 0 Å². The predicted molar refractivity (Wildman–Crippen MR) is 79.5 cm³/mol. The second-order valence-electron chi connectivity index (χ2n) is 4.94. The molecular weight excluding hydrogens is 274 g/mol. The van der Waals surface area contributed by atoms with Gasteiger partial charge in [0, 0.05) is 42.4 Å². The summed E-state index contributed by atoms with van der Waals surface area (Å²) in [6, 6.07) is 4.11. The average Bonchev–Trinajstić information content (AvgIpc) is 2.37. The van der Waals surface area contributed by atoms with Crippen LogP contribution in [-0.2, 0) is 4.79 Å². The molecule has 114 valence electrons. The summed E-state index contributed by atoms with van der Waals surface area (Å²) >= 11 is 0. The van der Waals surface area contributed by atoms with Gasteiger partial charge in [0.25, 0.3) is 5.69 Å². The van der Waals surface area contributed by atoms with Gasteiger partial charge < -0.3 is 10.6 Å². The van der Waals surface area contributed by atoms with Crippen LogP contribution in [0.2, 0.25) is 0 Å². The second-order valence-corrected chi connectivity index (χ2v) is 4.94. The standard InChI is InChI=1S/C14H19N3O4/c1-9(2)16-14(19)6-7-15-13-5-4-11(17(20)21)8-12(13)10(3)18/h4-5,8-9,15H,6-7H2,1-3H3,(H,16,19). The number of Topliss-reactive ketones (excluding diaryl/α,β-unsaturated/α-hetero) is 1. The molecule has 0 fully saturated rings. The lowest BCUT2D eigenvalue weighted by Gasteiger charge is -2.11. The van der Waals surface area contributed by atoms with Crippen LogP contribution < -0.4 is 10.6 Å². The first kappa shape index (κ1) is 16.6. The summed E-state index contributed by atoms with van der Waals surface area (Å²) in [4.78, 5) is 33.2. The highest BCUT2D eigenvalue weighted by atomic mass is 16.6. The molecule has 0 atom stereocenters. The molecule has 0 saturated carbocycles.